The van der Waals surface area contributed by atoms with Gasteiger partial charge in [-0.15, -0.1) is 0 Å². The standard InChI is InChI=1S/C16H23N3O2/c1-12(11-19-6-8-21-9-7-19)18-16(20)14-10-17-15-5-3-2-4-13(14)15/h2-5,12,14,17H,6-11H2,1H3,(H,18,20). The Kier molecular flexibility index (Phi) is 4.41. The summed E-state index contributed by atoms with van der Waals surface area (Å²) < 4.78 is 5.35. The molecule has 2 unspecified atom stereocenters. The van der Waals surface area contributed by atoms with Crippen LogP contribution in [0.5, 0.6) is 0 Å². The van der Waals surface area contributed by atoms with Crippen molar-refractivity contribution in [1.82, 2.24) is 10.2 Å². The molecular formula is C16H23N3O2. The number of benzene rings is 1. The topological polar surface area (TPSA) is 53.6 Å². The van der Waals surface area contributed by atoms with Crippen LogP contribution in [-0.2, 0) is 9.53 Å². The van der Waals surface area contributed by atoms with E-state index in [0.717, 1.165) is 44.1 Å². The van der Waals surface area contributed by atoms with Gasteiger partial charge in [-0.25, -0.2) is 0 Å². The Morgan fingerprint density at radius 3 is 3.00 bits per heavy atom. The summed E-state index contributed by atoms with van der Waals surface area (Å²) in [5, 5.41) is 6.45. The lowest BCUT2D eigenvalue weighted by molar-refractivity contribution is -0.122. The van der Waals surface area contributed by atoms with E-state index < -0.39 is 0 Å². The summed E-state index contributed by atoms with van der Waals surface area (Å²) in [7, 11) is 0. The van der Waals surface area contributed by atoms with Crippen molar-refractivity contribution in [2.75, 3.05) is 44.7 Å². The summed E-state index contributed by atoms with van der Waals surface area (Å²) in [4.78, 5) is 14.8. The van der Waals surface area contributed by atoms with Gasteiger partial charge in [0.25, 0.3) is 0 Å². The average Bonchev–Trinajstić information content (AvgIpc) is 2.92. The fraction of sp³-hybridized carbons (Fsp3) is 0.562. The molecule has 0 radical (unpaired) electrons. The minimum atomic E-state index is -0.0756. The smallest absolute Gasteiger partial charge is 0.229 e. The molecule has 2 atom stereocenters. The zero-order chi connectivity index (χ0) is 14.7. The van der Waals surface area contributed by atoms with Crippen molar-refractivity contribution in [3.8, 4) is 0 Å². The molecule has 2 N–H and O–H groups in total. The van der Waals surface area contributed by atoms with Crippen molar-refractivity contribution < 1.29 is 9.53 Å². The van der Waals surface area contributed by atoms with E-state index in [0.29, 0.717) is 6.54 Å². The number of para-hydroxylation sites is 1. The molecule has 1 fully saturated rings. The first-order valence-electron chi connectivity index (χ1n) is 7.67. The normalized spacial score (nSPS) is 23.2. The third-order valence-electron chi connectivity index (χ3n) is 4.17. The van der Waals surface area contributed by atoms with Crippen LogP contribution in [0.25, 0.3) is 0 Å². The van der Waals surface area contributed by atoms with Crippen LogP contribution in [0.4, 0.5) is 5.69 Å². The molecule has 114 valence electrons. The molecule has 0 aromatic heterocycles. The second-order valence-electron chi connectivity index (χ2n) is 5.84. The van der Waals surface area contributed by atoms with E-state index in [-0.39, 0.29) is 17.9 Å². The molecule has 2 aliphatic rings. The molecule has 5 heteroatoms. The molecular weight excluding hydrogens is 266 g/mol. The van der Waals surface area contributed by atoms with Crippen molar-refractivity contribution in [3.05, 3.63) is 29.8 Å². The van der Waals surface area contributed by atoms with Crippen molar-refractivity contribution in [3.63, 3.8) is 0 Å². The van der Waals surface area contributed by atoms with Crippen LogP contribution in [0.3, 0.4) is 0 Å². The van der Waals surface area contributed by atoms with Crippen LogP contribution in [-0.4, -0.2) is 56.2 Å². The van der Waals surface area contributed by atoms with Gasteiger partial charge in [0.05, 0.1) is 19.1 Å². The molecule has 2 heterocycles. The van der Waals surface area contributed by atoms with Crippen molar-refractivity contribution >= 4 is 11.6 Å². The Morgan fingerprint density at radius 1 is 1.43 bits per heavy atom. The fourth-order valence-corrected chi connectivity index (χ4v) is 3.08. The molecule has 1 aromatic carbocycles. The number of rotatable bonds is 4. The molecule has 2 aliphatic heterocycles. The number of amides is 1. The molecule has 0 aliphatic carbocycles. The van der Waals surface area contributed by atoms with Crippen LogP contribution in [0.15, 0.2) is 24.3 Å². The number of fused-ring (bicyclic) bond motifs is 1. The van der Waals surface area contributed by atoms with Gasteiger partial charge in [-0.1, -0.05) is 18.2 Å². The molecule has 1 amide bonds. The number of ether oxygens (including phenoxy) is 1. The van der Waals surface area contributed by atoms with Crippen molar-refractivity contribution in [2.45, 2.75) is 18.9 Å². The summed E-state index contributed by atoms with van der Waals surface area (Å²) in [5.74, 6) is 0.0431. The zero-order valence-electron chi connectivity index (χ0n) is 12.5. The molecule has 0 spiro atoms. The van der Waals surface area contributed by atoms with Gasteiger partial charge in [-0.3, -0.25) is 9.69 Å². The van der Waals surface area contributed by atoms with E-state index in [1.807, 2.05) is 24.3 Å². The summed E-state index contributed by atoms with van der Waals surface area (Å²) in [5.41, 5.74) is 2.19. The summed E-state index contributed by atoms with van der Waals surface area (Å²) >= 11 is 0. The lowest BCUT2D eigenvalue weighted by Crippen LogP contribution is -2.47. The Bertz CT molecular complexity index is 500. The maximum Gasteiger partial charge on any atom is 0.229 e. The summed E-state index contributed by atoms with van der Waals surface area (Å²) in [6.07, 6.45) is 0. The minimum absolute atomic E-state index is 0.0756. The zero-order valence-corrected chi connectivity index (χ0v) is 12.5. The van der Waals surface area contributed by atoms with Gasteiger partial charge in [-0.05, 0) is 18.6 Å². The van der Waals surface area contributed by atoms with Crippen LogP contribution >= 0.6 is 0 Å². The largest absolute Gasteiger partial charge is 0.384 e. The van der Waals surface area contributed by atoms with E-state index in [4.69, 9.17) is 4.74 Å². The van der Waals surface area contributed by atoms with E-state index in [1.54, 1.807) is 0 Å². The van der Waals surface area contributed by atoms with E-state index in [1.165, 1.54) is 0 Å². The molecule has 5 nitrogen and oxygen atoms in total. The Labute approximate surface area is 125 Å². The number of anilines is 1. The number of morpholine rings is 1. The van der Waals surface area contributed by atoms with Crippen LogP contribution in [0, 0.1) is 0 Å². The fourth-order valence-electron chi connectivity index (χ4n) is 3.08. The van der Waals surface area contributed by atoms with Gasteiger partial charge in [0.1, 0.15) is 0 Å². The Morgan fingerprint density at radius 2 is 2.19 bits per heavy atom. The van der Waals surface area contributed by atoms with Crippen molar-refractivity contribution in [1.29, 1.82) is 0 Å². The van der Waals surface area contributed by atoms with Crippen molar-refractivity contribution in [2.24, 2.45) is 0 Å². The maximum atomic E-state index is 12.5. The number of carbonyl (C=O) groups excluding carboxylic acids is 1. The number of hydrogen-bond donors (Lipinski definition) is 2. The highest BCUT2D eigenvalue weighted by Crippen LogP contribution is 2.31. The third kappa shape index (κ3) is 3.36. The molecule has 3 rings (SSSR count). The average molecular weight is 289 g/mol. The molecule has 0 saturated carbocycles. The third-order valence-corrected chi connectivity index (χ3v) is 4.17. The van der Waals surface area contributed by atoms with E-state index >= 15 is 0 Å². The van der Waals surface area contributed by atoms with Crippen LogP contribution in [0.2, 0.25) is 0 Å². The second-order valence-corrected chi connectivity index (χ2v) is 5.84. The predicted octanol–water partition coefficient (Wildman–Crippen LogP) is 1.03. The van der Waals surface area contributed by atoms with Gasteiger partial charge in [0.15, 0.2) is 0 Å². The predicted molar refractivity (Wildman–Crippen MR) is 82.5 cm³/mol. The number of nitrogens with one attached hydrogen (secondary N) is 2. The highest BCUT2D eigenvalue weighted by molar-refractivity contribution is 5.88. The van der Waals surface area contributed by atoms with Gasteiger partial charge < -0.3 is 15.4 Å². The van der Waals surface area contributed by atoms with E-state index in [9.17, 15) is 4.79 Å². The Balaban J connectivity index is 1.54. The first kappa shape index (κ1) is 14.4. The lowest BCUT2D eigenvalue weighted by atomic mass is 10.0. The summed E-state index contributed by atoms with van der Waals surface area (Å²) in [6.45, 7) is 7.14. The van der Waals surface area contributed by atoms with Gasteiger partial charge in [-0.2, -0.15) is 0 Å². The quantitative estimate of drug-likeness (QED) is 0.869. The number of nitrogens with zero attached hydrogens (tertiary/aromatic N) is 1. The van der Waals surface area contributed by atoms with Gasteiger partial charge in [0, 0.05) is 37.9 Å². The maximum absolute atomic E-state index is 12.5. The van der Waals surface area contributed by atoms with Gasteiger partial charge in [0.2, 0.25) is 5.91 Å². The second kappa shape index (κ2) is 6.45. The molecule has 0 bridgehead atoms. The highest BCUT2D eigenvalue weighted by Gasteiger charge is 2.29. The minimum Gasteiger partial charge on any atom is -0.384 e. The number of hydrogen-bond acceptors (Lipinski definition) is 4. The first-order chi connectivity index (χ1) is 10.2. The SMILES string of the molecule is CC(CN1CCOCC1)NC(=O)C1CNc2ccccc21. The molecule has 1 saturated heterocycles. The van der Waals surface area contributed by atoms with Gasteiger partial charge >= 0.3 is 0 Å². The Hall–Kier alpha value is -1.59. The molecule has 1 aromatic rings. The van der Waals surface area contributed by atoms with Crippen LogP contribution < -0.4 is 10.6 Å². The first-order valence-corrected chi connectivity index (χ1v) is 7.67. The number of carbonyl (C=O) groups is 1. The monoisotopic (exact) mass is 289 g/mol. The summed E-state index contributed by atoms with van der Waals surface area (Å²) in [6, 6.07) is 8.20. The highest BCUT2D eigenvalue weighted by atomic mass is 16.5. The molecule has 21 heavy (non-hydrogen) atoms. The van der Waals surface area contributed by atoms with E-state index in [2.05, 4.69) is 22.5 Å². The van der Waals surface area contributed by atoms with Crippen LogP contribution in [0.1, 0.15) is 18.4 Å². The lowest BCUT2D eigenvalue weighted by Gasteiger charge is -2.29.